The van der Waals surface area contributed by atoms with Gasteiger partial charge in [0.25, 0.3) is 0 Å². The summed E-state index contributed by atoms with van der Waals surface area (Å²) in [6.07, 6.45) is 6.55. The molecular weight excluding hydrogens is 266 g/mol. The largest absolute Gasteiger partial charge is 0.496 e. The number of carboxylic acids is 1. The maximum Gasteiger partial charge on any atom is 0.339 e. The third kappa shape index (κ3) is 3.97. The van der Waals surface area contributed by atoms with E-state index in [-0.39, 0.29) is 5.56 Å². The van der Waals surface area contributed by atoms with Crippen molar-refractivity contribution in [2.24, 2.45) is 0 Å². The lowest BCUT2D eigenvalue weighted by Gasteiger charge is -2.33. The Morgan fingerprint density at radius 2 is 2.05 bits per heavy atom. The minimum Gasteiger partial charge on any atom is -0.496 e. The van der Waals surface area contributed by atoms with Crippen molar-refractivity contribution in [2.45, 2.75) is 51.6 Å². The number of nitrogens with zero attached hydrogens (tertiary/aromatic N) is 1. The molecule has 0 amide bonds. The summed E-state index contributed by atoms with van der Waals surface area (Å²) in [5.41, 5.74) is 1.34. The Balaban J connectivity index is 2.11. The first-order valence-corrected chi connectivity index (χ1v) is 7.80. The molecule has 0 spiro atoms. The Morgan fingerprint density at radius 3 is 2.62 bits per heavy atom. The molecule has 1 aliphatic carbocycles. The van der Waals surface area contributed by atoms with Crippen LogP contribution in [0.4, 0.5) is 0 Å². The van der Waals surface area contributed by atoms with Gasteiger partial charge < -0.3 is 9.84 Å². The van der Waals surface area contributed by atoms with Crippen molar-refractivity contribution < 1.29 is 14.6 Å². The number of benzene rings is 1. The molecule has 0 heterocycles. The molecule has 2 rings (SSSR count). The first kappa shape index (κ1) is 15.8. The summed E-state index contributed by atoms with van der Waals surface area (Å²) in [7, 11) is 1.52. The Hall–Kier alpha value is -1.55. The molecule has 1 aromatic carbocycles. The average Bonchev–Trinajstić information content (AvgIpc) is 2.53. The van der Waals surface area contributed by atoms with Gasteiger partial charge >= 0.3 is 5.97 Å². The quantitative estimate of drug-likeness (QED) is 0.871. The zero-order chi connectivity index (χ0) is 15.2. The van der Waals surface area contributed by atoms with Crippen LogP contribution < -0.4 is 4.74 Å². The minimum absolute atomic E-state index is 0.224. The summed E-state index contributed by atoms with van der Waals surface area (Å²) >= 11 is 0. The molecule has 4 nitrogen and oxygen atoms in total. The number of methoxy groups -OCH3 is 1. The topological polar surface area (TPSA) is 49.8 Å². The van der Waals surface area contributed by atoms with Crippen LogP contribution in [0.15, 0.2) is 18.2 Å². The number of hydrogen-bond acceptors (Lipinski definition) is 3. The fourth-order valence-corrected chi connectivity index (χ4v) is 3.19. The lowest BCUT2D eigenvalue weighted by Crippen LogP contribution is -2.36. The van der Waals surface area contributed by atoms with Crippen molar-refractivity contribution >= 4 is 5.97 Å². The molecule has 1 N–H and O–H groups in total. The van der Waals surface area contributed by atoms with Gasteiger partial charge in [-0.05, 0) is 37.1 Å². The van der Waals surface area contributed by atoms with Crippen molar-refractivity contribution in [3.05, 3.63) is 29.3 Å². The van der Waals surface area contributed by atoms with Gasteiger partial charge in [0.15, 0.2) is 0 Å². The van der Waals surface area contributed by atoms with Gasteiger partial charge in [0, 0.05) is 12.6 Å². The van der Waals surface area contributed by atoms with Gasteiger partial charge in [0.2, 0.25) is 0 Å². The standard InChI is InChI=1S/C17H25NO3/c1-3-18(14-7-5-4-6-8-14)12-13-9-10-15(17(19)20)16(11-13)21-2/h9-11,14H,3-8,12H2,1-2H3,(H,19,20). The molecule has 1 aliphatic rings. The highest BCUT2D eigenvalue weighted by Crippen LogP contribution is 2.26. The summed E-state index contributed by atoms with van der Waals surface area (Å²) in [4.78, 5) is 13.6. The predicted octanol–water partition coefficient (Wildman–Crippen LogP) is 3.55. The minimum atomic E-state index is -0.946. The summed E-state index contributed by atoms with van der Waals surface area (Å²) in [5, 5.41) is 9.13. The summed E-state index contributed by atoms with van der Waals surface area (Å²) in [6, 6.07) is 6.06. The molecule has 0 aromatic heterocycles. The Kier molecular flexibility index (Phi) is 5.62. The van der Waals surface area contributed by atoms with E-state index in [1.807, 2.05) is 12.1 Å². The highest BCUT2D eigenvalue weighted by Gasteiger charge is 2.20. The van der Waals surface area contributed by atoms with Gasteiger partial charge in [-0.3, -0.25) is 4.90 Å². The van der Waals surface area contributed by atoms with Crippen molar-refractivity contribution in [3.8, 4) is 5.75 Å². The van der Waals surface area contributed by atoms with E-state index in [4.69, 9.17) is 9.84 Å². The molecule has 21 heavy (non-hydrogen) atoms. The molecule has 0 unspecified atom stereocenters. The second kappa shape index (κ2) is 7.46. The van der Waals surface area contributed by atoms with Crippen LogP contribution in [0, 0.1) is 0 Å². The van der Waals surface area contributed by atoms with Gasteiger partial charge in [-0.2, -0.15) is 0 Å². The van der Waals surface area contributed by atoms with E-state index in [1.165, 1.54) is 39.2 Å². The van der Waals surface area contributed by atoms with E-state index in [9.17, 15) is 4.79 Å². The molecule has 4 heteroatoms. The molecule has 116 valence electrons. The number of aromatic carboxylic acids is 1. The smallest absolute Gasteiger partial charge is 0.339 e. The summed E-state index contributed by atoms with van der Waals surface area (Å²) in [6.45, 7) is 4.07. The number of carboxylic acid groups (broad SMARTS) is 1. The van der Waals surface area contributed by atoms with Gasteiger partial charge in [-0.25, -0.2) is 4.79 Å². The SMILES string of the molecule is CCN(Cc1ccc(C(=O)O)c(OC)c1)C1CCCCC1. The molecule has 0 radical (unpaired) electrons. The van der Waals surface area contributed by atoms with Crippen molar-refractivity contribution in [1.29, 1.82) is 0 Å². The normalized spacial score (nSPS) is 16.1. The van der Waals surface area contributed by atoms with E-state index in [0.29, 0.717) is 11.8 Å². The highest BCUT2D eigenvalue weighted by atomic mass is 16.5. The third-order valence-corrected chi connectivity index (χ3v) is 4.38. The fraction of sp³-hybridized carbons (Fsp3) is 0.588. The highest BCUT2D eigenvalue weighted by molar-refractivity contribution is 5.90. The van der Waals surface area contributed by atoms with Crippen molar-refractivity contribution in [2.75, 3.05) is 13.7 Å². The number of rotatable bonds is 6. The van der Waals surface area contributed by atoms with Crippen LogP contribution in [0.1, 0.15) is 54.9 Å². The Labute approximate surface area is 126 Å². The molecule has 0 bridgehead atoms. The number of hydrogen-bond donors (Lipinski definition) is 1. The van der Waals surface area contributed by atoms with E-state index in [0.717, 1.165) is 18.7 Å². The molecule has 0 saturated heterocycles. The van der Waals surface area contributed by atoms with Crippen LogP contribution in [0.25, 0.3) is 0 Å². The molecule has 0 aliphatic heterocycles. The summed E-state index contributed by atoms with van der Waals surface area (Å²) < 4.78 is 5.21. The van der Waals surface area contributed by atoms with E-state index in [2.05, 4.69) is 11.8 Å². The first-order valence-electron chi connectivity index (χ1n) is 7.80. The van der Waals surface area contributed by atoms with Crippen LogP contribution >= 0.6 is 0 Å². The Bertz CT molecular complexity index is 481. The van der Waals surface area contributed by atoms with E-state index >= 15 is 0 Å². The summed E-state index contributed by atoms with van der Waals surface area (Å²) in [5.74, 6) is -0.502. The molecular formula is C17H25NO3. The lowest BCUT2D eigenvalue weighted by molar-refractivity contribution is 0.0693. The van der Waals surface area contributed by atoms with Crippen LogP contribution in [0.3, 0.4) is 0 Å². The van der Waals surface area contributed by atoms with Gasteiger partial charge in [-0.15, -0.1) is 0 Å². The lowest BCUT2D eigenvalue weighted by atomic mass is 9.94. The molecule has 1 saturated carbocycles. The fourth-order valence-electron chi connectivity index (χ4n) is 3.19. The first-order chi connectivity index (χ1) is 10.2. The molecule has 1 fully saturated rings. The van der Waals surface area contributed by atoms with Crippen molar-refractivity contribution in [3.63, 3.8) is 0 Å². The second-order valence-electron chi connectivity index (χ2n) is 5.69. The van der Waals surface area contributed by atoms with E-state index < -0.39 is 5.97 Å². The zero-order valence-corrected chi connectivity index (χ0v) is 13.0. The van der Waals surface area contributed by atoms with Gasteiger partial charge in [-0.1, -0.05) is 32.3 Å². The number of ether oxygens (including phenoxy) is 1. The zero-order valence-electron chi connectivity index (χ0n) is 13.0. The van der Waals surface area contributed by atoms with Crippen LogP contribution in [-0.4, -0.2) is 35.7 Å². The van der Waals surface area contributed by atoms with Gasteiger partial charge in [0.05, 0.1) is 7.11 Å². The maximum absolute atomic E-state index is 11.1. The van der Waals surface area contributed by atoms with E-state index in [1.54, 1.807) is 6.07 Å². The maximum atomic E-state index is 11.1. The third-order valence-electron chi connectivity index (χ3n) is 4.38. The van der Waals surface area contributed by atoms with Crippen molar-refractivity contribution in [1.82, 2.24) is 4.90 Å². The molecule has 0 atom stereocenters. The van der Waals surface area contributed by atoms with Crippen LogP contribution in [0.2, 0.25) is 0 Å². The predicted molar refractivity (Wildman–Crippen MR) is 82.9 cm³/mol. The molecule has 1 aromatic rings. The second-order valence-corrected chi connectivity index (χ2v) is 5.69. The van der Waals surface area contributed by atoms with Gasteiger partial charge in [0.1, 0.15) is 11.3 Å². The van der Waals surface area contributed by atoms with Crippen LogP contribution in [-0.2, 0) is 6.54 Å². The Morgan fingerprint density at radius 1 is 1.33 bits per heavy atom. The average molecular weight is 291 g/mol. The van der Waals surface area contributed by atoms with Crippen LogP contribution in [0.5, 0.6) is 5.75 Å². The monoisotopic (exact) mass is 291 g/mol. The number of carbonyl (C=O) groups is 1.